The lowest BCUT2D eigenvalue weighted by atomic mass is 10.2. The number of ether oxygens (including phenoxy) is 1. The van der Waals surface area contributed by atoms with Gasteiger partial charge in [-0.1, -0.05) is 24.3 Å². The van der Waals surface area contributed by atoms with Gasteiger partial charge in [0.05, 0.1) is 22.3 Å². The second-order valence-electron chi connectivity index (χ2n) is 6.34. The van der Waals surface area contributed by atoms with E-state index < -0.39 is 6.10 Å². The van der Waals surface area contributed by atoms with Gasteiger partial charge in [0.25, 0.3) is 5.91 Å². The van der Waals surface area contributed by atoms with Gasteiger partial charge in [-0.3, -0.25) is 4.79 Å². The molecule has 2 aromatic heterocycles. The first-order chi connectivity index (χ1) is 14.1. The van der Waals surface area contributed by atoms with Crippen LogP contribution in [0.4, 0.5) is 0 Å². The first-order valence-corrected chi connectivity index (χ1v) is 9.84. The van der Waals surface area contributed by atoms with Crippen LogP contribution in [-0.4, -0.2) is 17.0 Å². The molecule has 2 aromatic carbocycles. The maximum absolute atomic E-state index is 12.3. The molecule has 1 atom stereocenters. The molecule has 29 heavy (non-hydrogen) atoms. The molecule has 6 nitrogen and oxygen atoms in total. The largest absolute Gasteiger partial charge is 0.480 e. The summed E-state index contributed by atoms with van der Waals surface area (Å²) in [6, 6.07) is 20.4. The Labute approximate surface area is 171 Å². The Bertz CT molecular complexity index is 1170. The highest BCUT2D eigenvalue weighted by Crippen LogP contribution is 2.31. The fourth-order valence-electron chi connectivity index (χ4n) is 2.79. The molecule has 4 rings (SSSR count). The van der Waals surface area contributed by atoms with Crippen molar-refractivity contribution in [1.29, 1.82) is 5.26 Å². The predicted octanol–water partition coefficient (Wildman–Crippen LogP) is 4.51. The van der Waals surface area contributed by atoms with Crippen LogP contribution in [0.15, 0.2) is 65.1 Å². The van der Waals surface area contributed by atoms with E-state index in [1.165, 1.54) is 0 Å². The molecule has 4 aromatic rings. The number of nitrogens with one attached hydrogen (secondary N) is 1. The van der Waals surface area contributed by atoms with Crippen molar-refractivity contribution in [2.24, 2.45) is 0 Å². The van der Waals surface area contributed by atoms with Gasteiger partial charge in [-0.05, 0) is 43.3 Å². The van der Waals surface area contributed by atoms with Gasteiger partial charge < -0.3 is 14.5 Å². The number of rotatable bonds is 6. The second-order valence-corrected chi connectivity index (χ2v) is 7.37. The number of para-hydroxylation sites is 2. The summed E-state index contributed by atoms with van der Waals surface area (Å²) in [4.78, 5) is 16.9. The zero-order chi connectivity index (χ0) is 20.2. The Kier molecular flexibility index (Phi) is 5.27. The van der Waals surface area contributed by atoms with E-state index in [0.717, 1.165) is 15.2 Å². The van der Waals surface area contributed by atoms with Crippen LogP contribution in [0.3, 0.4) is 0 Å². The third kappa shape index (κ3) is 4.13. The number of aromatic nitrogens is 1. The zero-order valence-electron chi connectivity index (χ0n) is 15.6. The van der Waals surface area contributed by atoms with E-state index in [0.29, 0.717) is 22.8 Å². The van der Waals surface area contributed by atoms with E-state index >= 15 is 0 Å². The summed E-state index contributed by atoms with van der Waals surface area (Å²) in [6.07, 6.45) is -0.747. The monoisotopic (exact) mass is 403 g/mol. The van der Waals surface area contributed by atoms with Crippen molar-refractivity contribution in [2.45, 2.75) is 19.6 Å². The van der Waals surface area contributed by atoms with Crippen molar-refractivity contribution < 1.29 is 13.9 Å². The SMILES string of the molecule is CC(Oc1ccccc1C#N)C(=O)NCc1ccc(-c2nc3ccccc3s2)o1. The lowest BCUT2D eigenvalue weighted by Crippen LogP contribution is -2.35. The highest BCUT2D eigenvalue weighted by atomic mass is 32.1. The summed E-state index contributed by atoms with van der Waals surface area (Å²) in [5.41, 5.74) is 1.32. The highest BCUT2D eigenvalue weighted by molar-refractivity contribution is 7.21. The molecule has 0 fully saturated rings. The number of amides is 1. The molecule has 1 N–H and O–H groups in total. The third-order valence-electron chi connectivity index (χ3n) is 4.28. The van der Waals surface area contributed by atoms with E-state index in [1.54, 1.807) is 42.5 Å². The van der Waals surface area contributed by atoms with Crippen LogP contribution in [-0.2, 0) is 11.3 Å². The molecule has 7 heteroatoms. The van der Waals surface area contributed by atoms with E-state index in [4.69, 9.17) is 14.4 Å². The molecule has 0 spiro atoms. The Hall–Kier alpha value is -3.63. The molecular formula is C22H17N3O3S. The molecule has 0 aliphatic carbocycles. The van der Waals surface area contributed by atoms with E-state index in [-0.39, 0.29) is 12.5 Å². The van der Waals surface area contributed by atoms with Crippen LogP contribution >= 0.6 is 11.3 Å². The molecule has 0 aliphatic heterocycles. The molecule has 1 unspecified atom stereocenters. The van der Waals surface area contributed by atoms with Crippen LogP contribution in [0.2, 0.25) is 0 Å². The number of hydrogen-bond acceptors (Lipinski definition) is 6. The molecule has 0 bridgehead atoms. The van der Waals surface area contributed by atoms with Crippen molar-refractivity contribution in [1.82, 2.24) is 10.3 Å². The lowest BCUT2D eigenvalue weighted by Gasteiger charge is -2.15. The number of fused-ring (bicyclic) bond motifs is 1. The molecule has 1 amide bonds. The zero-order valence-corrected chi connectivity index (χ0v) is 16.4. The average molecular weight is 403 g/mol. The average Bonchev–Trinajstić information content (AvgIpc) is 3.39. The molecule has 0 saturated heterocycles. The number of carbonyl (C=O) groups excluding carboxylic acids is 1. The van der Waals surface area contributed by atoms with Crippen molar-refractivity contribution in [3.05, 3.63) is 72.0 Å². The van der Waals surface area contributed by atoms with Gasteiger partial charge in [-0.25, -0.2) is 4.98 Å². The van der Waals surface area contributed by atoms with Crippen molar-refractivity contribution in [3.63, 3.8) is 0 Å². The smallest absolute Gasteiger partial charge is 0.261 e. The van der Waals surface area contributed by atoms with Crippen LogP contribution in [0.25, 0.3) is 21.0 Å². The molecule has 0 radical (unpaired) electrons. The summed E-state index contributed by atoms with van der Waals surface area (Å²) in [5.74, 6) is 1.38. The maximum atomic E-state index is 12.3. The fraction of sp³-hybridized carbons (Fsp3) is 0.136. The maximum Gasteiger partial charge on any atom is 0.261 e. The lowest BCUT2D eigenvalue weighted by molar-refractivity contribution is -0.127. The van der Waals surface area contributed by atoms with Gasteiger partial charge in [-0.2, -0.15) is 5.26 Å². The Balaban J connectivity index is 1.38. The minimum Gasteiger partial charge on any atom is -0.480 e. The quantitative estimate of drug-likeness (QED) is 0.512. The second kappa shape index (κ2) is 8.17. The third-order valence-corrected chi connectivity index (χ3v) is 5.33. The van der Waals surface area contributed by atoms with Crippen molar-refractivity contribution in [3.8, 4) is 22.6 Å². The Morgan fingerprint density at radius 3 is 2.83 bits per heavy atom. The first-order valence-electron chi connectivity index (χ1n) is 9.02. The summed E-state index contributed by atoms with van der Waals surface area (Å²) in [7, 11) is 0. The molecule has 2 heterocycles. The fourth-order valence-corrected chi connectivity index (χ4v) is 3.72. The molecular weight excluding hydrogens is 386 g/mol. The number of furan rings is 1. The minimum absolute atomic E-state index is 0.233. The van der Waals surface area contributed by atoms with Crippen LogP contribution in [0.5, 0.6) is 5.75 Å². The summed E-state index contributed by atoms with van der Waals surface area (Å²) in [6.45, 7) is 1.87. The Morgan fingerprint density at radius 1 is 1.21 bits per heavy atom. The number of nitrogens with zero attached hydrogens (tertiary/aromatic N) is 2. The number of nitriles is 1. The van der Waals surface area contributed by atoms with Crippen LogP contribution in [0.1, 0.15) is 18.2 Å². The number of hydrogen-bond donors (Lipinski definition) is 1. The summed E-state index contributed by atoms with van der Waals surface area (Å²) < 4.78 is 12.5. The number of carbonyl (C=O) groups is 1. The normalized spacial score (nSPS) is 11.7. The van der Waals surface area contributed by atoms with E-state index in [9.17, 15) is 4.79 Å². The standard InChI is InChI=1S/C22H17N3O3S/c1-14(27-18-8-4-2-6-15(18)12-23)21(26)24-13-16-10-11-19(28-16)22-25-17-7-3-5-9-20(17)29-22/h2-11,14H,13H2,1H3,(H,24,26). The van der Waals surface area contributed by atoms with Crippen molar-refractivity contribution in [2.75, 3.05) is 0 Å². The van der Waals surface area contributed by atoms with Crippen LogP contribution in [0, 0.1) is 11.3 Å². The number of thiazole rings is 1. The van der Waals surface area contributed by atoms with E-state index in [1.807, 2.05) is 42.5 Å². The summed E-state index contributed by atoms with van der Waals surface area (Å²) >= 11 is 1.56. The van der Waals surface area contributed by atoms with Gasteiger partial charge in [0.1, 0.15) is 17.6 Å². The van der Waals surface area contributed by atoms with Crippen molar-refractivity contribution >= 4 is 27.5 Å². The van der Waals surface area contributed by atoms with Gasteiger partial charge in [0.2, 0.25) is 0 Å². The minimum atomic E-state index is -0.747. The van der Waals surface area contributed by atoms with Crippen LogP contribution < -0.4 is 10.1 Å². The van der Waals surface area contributed by atoms with Gasteiger partial charge in [0.15, 0.2) is 16.9 Å². The van der Waals surface area contributed by atoms with Gasteiger partial charge in [0, 0.05) is 0 Å². The van der Waals surface area contributed by atoms with E-state index in [2.05, 4.69) is 10.3 Å². The van der Waals surface area contributed by atoms with Gasteiger partial charge in [-0.15, -0.1) is 11.3 Å². The number of benzene rings is 2. The van der Waals surface area contributed by atoms with Gasteiger partial charge >= 0.3 is 0 Å². The topological polar surface area (TPSA) is 88.1 Å². The highest BCUT2D eigenvalue weighted by Gasteiger charge is 2.17. The molecule has 0 saturated carbocycles. The first kappa shape index (κ1) is 18.7. The molecule has 0 aliphatic rings. The predicted molar refractivity (Wildman–Crippen MR) is 110 cm³/mol. The molecule has 144 valence electrons. The summed E-state index contributed by atoms with van der Waals surface area (Å²) in [5, 5.41) is 12.7. The Morgan fingerprint density at radius 2 is 2.00 bits per heavy atom.